The summed E-state index contributed by atoms with van der Waals surface area (Å²) in [5.74, 6) is 2.63. The van der Waals surface area contributed by atoms with Crippen LogP contribution in [0.4, 0.5) is 0 Å². The summed E-state index contributed by atoms with van der Waals surface area (Å²) >= 11 is 8.58. The van der Waals surface area contributed by atoms with Gasteiger partial charge in [0, 0.05) is 15.5 Å². The van der Waals surface area contributed by atoms with Crippen molar-refractivity contribution in [1.82, 2.24) is 4.72 Å². The van der Waals surface area contributed by atoms with E-state index in [4.69, 9.17) is 0 Å². The predicted octanol–water partition coefficient (Wildman–Crippen LogP) is 3.55. The Kier molecular flexibility index (Phi) is 5.39. The van der Waals surface area contributed by atoms with Gasteiger partial charge in [-0.05, 0) is 64.4 Å². The topological polar surface area (TPSA) is 46.2 Å². The van der Waals surface area contributed by atoms with E-state index in [1.165, 1.54) is 0 Å². The zero-order valence-corrected chi connectivity index (χ0v) is 15.3. The molecule has 1 aromatic rings. The number of hydrogen-bond donors (Lipinski definition) is 1. The predicted molar refractivity (Wildman–Crippen MR) is 87.2 cm³/mol. The minimum atomic E-state index is -3.45. The molecule has 0 radical (unpaired) electrons. The number of benzene rings is 1. The first-order chi connectivity index (χ1) is 8.90. The highest BCUT2D eigenvalue weighted by atomic mass is 79.9. The molecule has 1 N–H and O–H groups in total. The van der Waals surface area contributed by atoms with Crippen molar-refractivity contribution in [3.8, 4) is 0 Å². The average molecular weight is 429 g/mol. The number of aryl methyl sites for hydroxylation is 1. The molecular weight excluding hydrogens is 414 g/mol. The third-order valence-corrected chi connectivity index (χ3v) is 7.56. The van der Waals surface area contributed by atoms with Gasteiger partial charge in [-0.2, -0.15) is 11.8 Å². The molecule has 1 heterocycles. The second-order valence-electron chi connectivity index (χ2n) is 4.61. The summed E-state index contributed by atoms with van der Waals surface area (Å²) in [5.41, 5.74) is 0.998. The van der Waals surface area contributed by atoms with Crippen LogP contribution in [0.15, 0.2) is 26.0 Å². The Morgan fingerprint density at radius 3 is 2.74 bits per heavy atom. The second kappa shape index (κ2) is 6.47. The van der Waals surface area contributed by atoms with Crippen molar-refractivity contribution in [2.24, 2.45) is 5.92 Å². The van der Waals surface area contributed by atoms with E-state index in [0.717, 1.165) is 28.0 Å². The SMILES string of the molecule is Cc1cc(Br)c(S(=O)(=O)NCC2CCSC2)cc1Br. The van der Waals surface area contributed by atoms with E-state index in [1.807, 2.05) is 24.8 Å². The van der Waals surface area contributed by atoms with E-state index in [2.05, 4.69) is 36.6 Å². The second-order valence-corrected chi connectivity index (χ2v) is 9.21. The molecule has 1 aliphatic rings. The normalized spacial score (nSPS) is 19.8. The molecule has 1 aliphatic heterocycles. The number of thioether (sulfide) groups is 1. The molecule has 0 spiro atoms. The van der Waals surface area contributed by atoms with Crippen LogP contribution in [-0.2, 0) is 10.0 Å². The maximum Gasteiger partial charge on any atom is 0.241 e. The van der Waals surface area contributed by atoms with Gasteiger partial charge in [0.25, 0.3) is 0 Å². The average Bonchev–Trinajstić information content (AvgIpc) is 2.84. The third-order valence-electron chi connectivity index (χ3n) is 3.09. The lowest BCUT2D eigenvalue weighted by atomic mass is 10.1. The zero-order valence-electron chi connectivity index (χ0n) is 10.4. The van der Waals surface area contributed by atoms with Crippen LogP contribution < -0.4 is 4.72 Å². The molecule has 0 aliphatic carbocycles. The van der Waals surface area contributed by atoms with Gasteiger partial charge >= 0.3 is 0 Å². The fourth-order valence-electron chi connectivity index (χ4n) is 1.88. The van der Waals surface area contributed by atoms with Crippen LogP contribution in [0.1, 0.15) is 12.0 Å². The molecule has 106 valence electrons. The molecule has 0 aromatic heterocycles. The summed E-state index contributed by atoms with van der Waals surface area (Å²) in [6, 6.07) is 3.45. The van der Waals surface area contributed by atoms with Gasteiger partial charge in [0.2, 0.25) is 10.0 Å². The fraction of sp³-hybridized carbons (Fsp3) is 0.500. The number of halogens is 2. The summed E-state index contributed by atoms with van der Waals surface area (Å²) in [6.45, 7) is 2.45. The Balaban J connectivity index is 2.16. The summed E-state index contributed by atoms with van der Waals surface area (Å²) < 4.78 is 28.7. The van der Waals surface area contributed by atoms with E-state index < -0.39 is 10.0 Å². The highest BCUT2D eigenvalue weighted by molar-refractivity contribution is 9.11. The molecule has 1 fully saturated rings. The summed E-state index contributed by atoms with van der Waals surface area (Å²) in [5, 5.41) is 0. The lowest BCUT2D eigenvalue weighted by Gasteiger charge is -2.13. The third kappa shape index (κ3) is 3.97. The number of nitrogens with one attached hydrogen (secondary N) is 1. The first kappa shape index (κ1) is 15.8. The Morgan fingerprint density at radius 2 is 2.11 bits per heavy atom. The van der Waals surface area contributed by atoms with Gasteiger partial charge in [0.1, 0.15) is 0 Å². The molecule has 0 saturated carbocycles. The standard InChI is InChI=1S/C12H15Br2NO2S2/c1-8-4-11(14)12(5-10(8)13)19(16,17)15-6-9-2-3-18-7-9/h4-5,9,15H,2-3,6-7H2,1H3. The first-order valence-electron chi connectivity index (χ1n) is 5.93. The molecule has 2 rings (SSSR count). The van der Waals surface area contributed by atoms with Gasteiger partial charge in [0.15, 0.2) is 0 Å². The van der Waals surface area contributed by atoms with Crippen LogP contribution in [0.5, 0.6) is 0 Å². The lowest BCUT2D eigenvalue weighted by Crippen LogP contribution is -2.29. The van der Waals surface area contributed by atoms with E-state index >= 15 is 0 Å². The molecule has 0 bridgehead atoms. The summed E-state index contributed by atoms with van der Waals surface area (Å²) in [4.78, 5) is 0.288. The van der Waals surface area contributed by atoms with E-state index in [0.29, 0.717) is 16.9 Å². The van der Waals surface area contributed by atoms with Crippen LogP contribution in [0.2, 0.25) is 0 Å². The zero-order chi connectivity index (χ0) is 14.0. The largest absolute Gasteiger partial charge is 0.241 e. The quantitative estimate of drug-likeness (QED) is 0.797. The van der Waals surface area contributed by atoms with Crippen molar-refractivity contribution in [3.63, 3.8) is 0 Å². The van der Waals surface area contributed by atoms with E-state index in [-0.39, 0.29) is 4.90 Å². The molecule has 1 atom stereocenters. The molecule has 19 heavy (non-hydrogen) atoms. The van der Waals surface area contributed by atoms with Gasteiger partial charge in [-0.15, -0.1) is 0 Å². The Labute approximate surface area is 135 Å². The number of hydrogen-bond acceptors (Lipinski definition) is 3. The Hall–Kier alpha value is 0.440. The summed E-state index contributed by atoms with van der Waals surface area (Å²) in [7, 11) is -3.45. The van der Waals surface area contributed by atoms with Crippen LogP contribution in [-0.4, -0.2) is 26.5 Å². The van der Waals surface area contributed by atoms with Crippen molar-refractivity contribution in [3.05, 3.63) is 26.6 Å². The van der Waals surface area contributed by atoms with Gasteiger partial charge in [-0.3, -0.25) is 0 Å². The maximum absolute atomic E-state index is 12.3. The molecule has 0 amide bonds. The molecule has 3 nitrogen and oxygen atoms in total. The Bertz CT molecular complexity index is 569. The van der Waals surface area contributed by atoms with Crippen molar-refractivity contribution < 1.29 is 8.42 Å². The van der Waals surface area contributed by atoms with Crippen LogP contribution >= 0.6 is 43.6 Å². The number of rotatable bonds is 4. The number of sulfonamides is 1. The maximum atomic E-state index is 12.3. The first-order valence-corrected chi connectivity index (χ1v) is 10.2. The van der Waals surface area contributed by atoms with Crippen LogP contribution in [0.25, 0.3) is 0 Å². The van der Waals surface area contributed by atoms with Crippen molar-refractivity contribution in [1.29, 1.82) is 0 Å². The Morgan fingerprint density at radius 1 is 1.37 bits per heavy atom. The van der Waals surface area contributed by atoms with E-state index in [1.54, 1.807) is 6.07 Å². The smallest absolute Gasteiger partial charge is 0.211 e. The monoisotopic (exact) mass is 427 g/mol. The molecule has 1 aromatic carbocycles. The minimum absolute atomic E-state index is 0.288. The molecule has 7 heteroatoms. The lowest BCUT2D eigenvalue weighted by molar-refractivity contribution is 0.545. The van der Waals surface area contributed by atoms with E-state index in [9.17, 15) is 8.42 Å². The van der Waals surface area contributed by atoms with Crippen molar-refractivity contribution in [2.45, 2.75) is 18.2 Å². The molecule has 1 saturated heterocycles. The molecule has 1 unspecified atom stereocenters. The summed E-state index contributed by atoms with van der Waals surface area (Å²) in [6.07, 6.45) is 1.09. The van der Waals surface area contributed by atoms with Crippen molar-refractivity contribution >= 4 is 53.6 Å². The van der Waals surface area contributed by atoms with Crippen LogP contribution in [0, 0.1) is 12.8 Å². The van der Waals surface area contributed by atoms with Crippen molar-refractivity contribution in [2.75, 3.05) is 18.1 Å². The van der Waals surface area contributed by atoms with Gasteiger partial charge < -0.3 is 0 Å². The van der Waals surface area contributed by atoms with Gasteiger partial charge in [0.05, 0.1) is 4.90 Å². The van der Waals surface area contributed by atoms with Gasteiger partial charge in [-0.25, -0.2) is 13.1 Å². The fourth-order valence-corrected chi connectivity index (χ4v) is 5.96. The highest BCUT2D eigenvalue weighted by Crippen LogP contribution is 2.29. The molecular formula is C12H15Br2NO2S2. The highest BCUT2D eigenvalue weighted by Gasteiger charge is 2.22. The van der Waals surface area contributed by atoms with Gasteiger partial charge in [-0.1, -0.05) is 15.9 Å². The minimum Gasteiger partial charge on any atom is -0.211 e. The van der Waals surface area contributed by atoms with Crippen LogP contribution in [0.3, 0.4) is 0 Å².